The molecule has 2 aliphatic rings. The highest BCUT2D eigenvalue weighted by atomic mass is 35.5. The van der Waals surface area contributed by atoms with Gasteiger partial charge in [0, 0.05) is 31.9 Å². The van der Waals surface area contributed by atoms with Gasteiger partial charge in [0.05, 0.1) is 29.1 Å². The van der Waals surface area contributed by atoms with Gasteiger partial charge in [-0.1, -0.05) is 29.3 Å². The van der Waals surface area contributed by atoms with E-state index in [4.69, 9.17) is 27.9 Å². The fraction of sp³-hybridized carbons (Fsp3) is 0.375. The number of rotatable bonds is 5. The number of pyridine rings is 1. The van der Waals surface area contributed by atoms with Crippen LogP contribution in [0.5, 0.6) is 5.75 Å². The number of hydrogen-bond acceptors (Lipinski definition) is 5. The number of piperazine rings is 1. The van der Waals surface area contributed by atoms with Gasteiger partial charge in [0.25, 0.3) is 0 Å². The Kier molecular flexibility index (Phi) is 6.47. The van der Waals surface area contributed by atoms with Crippen LogP contribution in [0.1, 0.15) is 18.5 Å². The van der Waals surface area contributed by atoms with Crippen molar-refractivity contribution in [2.45, 2.75) is 31.1 Å². The van der Waals surface area contributed by atoms with E-state index in [9.17, 15) is 22.4 Å². The van der Waals surface area contributed by atoms with Gasteiger partial charge in [-0.3, -0.25) is 14.5 Å². The van der Waals surface area contributed by atoms with Gasteiger partial charge >= 0.3 is 6.18 Å². The number of nitrogens with zero attached hydrogens (tertiary/aromatic N) is 5. The zero-order chi connectivity index (χ0) is 26.5. The van der Waals surface area contributed by atoms with Crippen LogP contribution in [0.2, 0.25) is 10.0 Å². The number of anilines is 1. The molecule has 0 unspecified atom stereocenters. The molecule has 1 spiro atoms. The van der Waals surface area contributed by atoms with Crippen LogP contribution in [0.25, 0.3) is 11.4 Å². The van der Waals surface area contributed by atoms with Gasteiger partial charge in [-0.15, -0.1) is 0 Å². The summed E-state index contributed by atoms with van der Waals surface area (Å²) in [5, 5.41) is 3.19. The van der Waals surface area contributed by atoms with Gasteiger partial charge in [0.1, 0.15) is 28.8 Å². The third kappa shape index (κ3) is 4.70. The highest BCUT2D eigenvalue weighted by Gasteiger charge is 2.53. The molecule has 1 saturated heterocycles. The quantitative estimate of drug-likeness (QED) is 0.398. The first-order valence-electron chi connectivity index (χ1n) is 11.4. The highest BCUT2D eigenvalue weighted by Crippen LogP contribution is 2.46. The van der Waals surface area contributed by atoms with Crippen molar-refractivity contribution in [1.29, 1.82) is 0 Å². The van der Waals surface area contributed by atoms with E-state index < -0.39 is 40.7 Å². The summed E-state index contributed by atoms with van der Waals surface area (Å²) in [5.74, 6) is -0.580. The average molecular weight is 558 g/mol. The number of benzene rings is 1. The Labute approximate surface area is 219 Å². The molecule has 1 saturated carbocycles. The maximum absolute atomic E-state index is 14.7. The summed E-state index contributed by atoms with van der Waals surface area (Å²) in [5.41, 5.74) is -1.43. The maximum atomic E-state index is 14.7. The van der Waals surface area contributed by atoms with Crippen LogP contribution >= 0.6 is 23.2 Å². The second kappa shape index (κ2) is 9.36. The smallest absolute Gasteiger partial charge is 0.436 e. The lowest BCUT2D eigenvalue weighted by Gasteiger charge is -2.43. The third-order valence-corrected chi connectivity index (χ3v) is 7.35. The van der Waals surface area contributed by atoms with Crippen LogP contribution in [0.15, 0.2) is 36.5 Å². The number of amides is 1. The number of hydrogen-bond donors (Lipinski definition) is 0. The van der Waals surface area contributed by atoms with E-state index in [0.29, 0.717) is 37.4 Å². The van der Waals surface area contributed by atoms with Gasteiger partial charge in [0.2, 0.25) is 5.91 Å². The van der Waals surface area contributed by atoms with E-state index in [1.54, 1.807) is 17.0 Å². The minimum Gasteiger partial charge on any atom is -0.495 e. The molecule has 13 heteroatoms. The van der Waals surface area contributed by atoms with Crippen LogP contribution in [-0.2, 0) is 17.5 Å². The molecule has 2 fully saturated rings. The molecule has 3 aromatic rings. The molecule has 196 valence electrons. The first-order valence-corrected chi connectivity index (χ1v) is 12.1. The standard InChI is InChI=1S/C24H21Cl2F4N5O2/c1-37-18-11-17(15(27)10-14(18)25)33-8-9-34(23(13-33)5-6-23)19(36)12-35-21(16-4-2-3-7-31-16)20(26)22(32-35)24(28,29)30/h2-4,7,10-11H,5-6,8-9,12-13H2,1H3. The van der Waals surface area contributed by atoms with E-state index >= 15 is 0 Å². The molecule has 0 bridgehead atoms. The summed E-state index contributed by atoms with van der Waals surface area (Å²) >= 11 is 12.1. The van der Waals surface area contributed by atoms with E-state index in [0.717, 1.165) is 4.68 Å². The van der Waals surface area contributed by atoms with Crippen LogP contribution in [0, 0.1) is 5.82 Å². The second-order valence-corrected chi connectivity index (χ2v) is 9.80. The summed E-state index contributed by atoms with van der Waals surface area (Å²) in [7, 11) is 1.44. The average Bonchev–Trinajstić information content (AvgIpc) is 3.52. The summed E-state index contributed by atoms with van der Waals surface area (Å²) in [6.07, 6.45) is -2.02. The SMILES string of the molecule is COc1cc(N2CCN(C(=O)Cn3nc(C(F)(F)F)c(Cl)c3-c3ccccn3)C3(CC3)C2)c(F)cc1Cl. The second-order valence-electron chi connectivity index (χ2n) is 9.01. The Morgan fingerprint density at radius 2 is 1.95 bits per heavy atom. The molecule has 1 amide bonds. The van der Waals surface area contributed by atoms with Gasteiger partial charge in [-0.05, 0) is 31.0 Å². The Hall–Kier alpha value is -3.05. The summed E-state index contributed by atoms with van der Waals surface area (Å²) in [4.78, 5) is 21.0. The molecular weight excluding hydrogens is 537 g/mol. The predicted molar refractivity (Wildman–Crippen MR) is 129 cm³/mol. The van der Waals surface area contributed by atoms with Gasteiger partial charge < -0.3 is 14.5 Å². The molecule has 2 aromatic heterocycles. The Balaban J connectivity index is 1.41. The molecule has 1 aliphatic carbocycles. The first kappa shape index (κ1) is 25.6. The molecule has 1 aromatic carbocycles. The van der Waals surface area contributed by atoms with Crippen molar-refractivity contribution < 1.29 is 27.1 Å². The fourth-order valence-corrected chi connectivity index (χ4v) is 5.33. The third-order valence-electron chi connectivity index (χ3n) is 6.70. The van der Waals surface area contributed by atoms with Crippen molar-refractivity contribution in [1.82, 2.24) is 19.7 Å². The van der Waals surface area contributed by atoms with Crippen LogP contribution in [0.3, 0.4) is 0 Å². The first-order chi connectivity index (χ1) is 17.5. The lowest BCUT2D eigenvalue weighted by Crippen LogP contribution is -2.58. The van der Waals surface area contributed by atoms with Crippen molar-refractivity contribution in [3.63, 3.8) is 0 Å². The maximum Gasteiger partial charge on any atom is 0.436 e. The highest BCUT2D eigenvalue weighted by molar-refractivity contribution is 6.33. The largest absolute Gasteiger partial charge is 0.495 e. The monoisotopic (exact) mass is 557 g/mol. The summed E-state index contributed by atoms with van der Waals surface area (Å²) < 4.78 is 61.6. The normalized spacial score (nSPS) is 16.8. The van der Waals surface area contributed by atoms with Crippen molar-refractivity contribution in [2.75, 3.05) is 31.6 Å². The van der Waals surface area contributed by atoms with E-state index in [2.05, 4.69) is 10.1 Å². The molecule has 0 atom stereocenters. The molecule has 1 aliphatic heterocycles. The lowest BCUT2D eigenvalue weighted by molar-refractivity contribution is -0.142. The molecule has 37 heavy (non-hydrogen) atoms. The van der Waals surface area contributed by atoms with E-state index in [1.807, 2.05) is 4.90 Å². The predicted octanol–water partition coefficient (Wildman–Crippen LogP) is 5.30. The Morgan fingerprint density at radius 3 is 2.57 bits per heavy atom. The van der Waals surface area contributed by atoms with Gasteiger partial charge in [0.15, 0.2) is 5.69 Å². The summed E-state index contributed by atoms with van der Waals surface area (Å²) in [6.45, 7) is 0.479. The fourth-order valence-electron chi connectivity index (χ4n) is 4.76. The molecule has 3 heterocycles. The Morgan fingerprint density at radius 1 is 1.19 bits per heavy atom. The van der Waals surface area contributed by atoms with Crippen molar-refractivity contribution in [2.24, 2.45) is 0 Å². The van der Waals surface area contributed by atoms with E-state index in [1.165, 1.54) is 31.5 Å². The van der Waals surface area contributed by atoms with Gasteiger partial charge in [-0.2, -0.15) is 18.3 Å². The molecule has 5 rings (SSSR count). The zero-order valence-corrected chi connectivity index (χ0v) is 21.0. The van der Waals surface area contributed by atoms with Crippen LogP contribution in [-0.4, -0.2) is 57.9 Å². The number of carbonyl (C=O) groups is 1. The number of halogens is 6. The van der Waals surface area contributed by atoms with Gasteiger partial charge in [-0.25, -0.2) is 4.39 Å². The summed E-state index contributed by atoms with van der Waals surface area (Å²) in [6, 6.07) is 7.43. The number of ether oxygens (including phenoxy) is 1. The number of methoxy groups -OCH3 is 1. The molecule has 7 nitrogen and oxygen atoms in total. The number of carbonyl (C=O) groups excluding carboxylic acids is 1. The Bertz CT molecular complexity index is 1350. The van der Waals surface area contributed by atoms with E-state index in [-0.39, 0.29) is 23.0 Å². The zero-order valence-electron chi connectivity index (χ0n) is 19.5. The molecular formula is C24H21Cl2F4N5O2. The topological polar surface area (TPSA) is 63.5 Å². The molecule has 0 radical (unpaired) electrons. The minimum atomic E-state index is -4.80. The minimum absolute atomic E-state index is 0.0817. The number of alkyl halides is 3. The molecule has 0 N–H and O–H groups in total. The lowest BCUT2D eigenvalue weighted by atomic mass is 10.1. The van der Waals surface area contributed by atoms with Crippen molar-refractivity contribution in [3.8, 4) is 17.1 Å². The van der Waals surface area contributed by atoms with Crippen molar-refractivity contribution >= 4 is 34.8 Å². The number of aromatic nitrogens is 3. The van der Waals surface area contributed by atoms with Crippen LogP contribution < -0.4 is 9.64 Å². The van der Waals surface area contributed by atoms with Crippen LogP contribution in [0.4, 0.5) is 23.2 Å². The van der Waals surface area contributed by atoms with Crippen molar-refractivity contribution in [3.05, 3.63) is 58.1 Å².